The van der Waals surface area contributed by atoms with Crippen molar-refractivity contribution in [2.75, 3.05) is 0 Å². The van der Waals surface area contributed by atoms with E-state index in [9.17, 15) is 0 Å². The number of hydrogen-bond donors (Lipinski definition) is 0. The van der Waals surface area contributed by atoms with Crippen molar-refractivity contribution in [3.63, 3.8) is 0 Å². The van der Waals surface area contributed by atoms with Gasteiger partial charge in [0, 0.05) is 0 Å². The van der Waals surface area contributed by atoms with E-state index in [1.54, 1.807) is 6.42 Å². The predicted octanol–water partition coefficient (Wildman–Crippen LogP) is 2.93. The van der Waals surface area contributed by atoms with Gasteiger partial charge in [0.05, 0.1) is 0 Å². The fraction of sp³-hybridized carbons (Fsp3) is 1.00. The molecule has 4 atom stereocenters. The van der Waals surface area contributed by atoms with E-state index >= 15 is 0 Å². The first-order valence-corrected chi connectivity index (χ1v) is 4.70. The first-order valence-electron chi connectivity index (χ1n) is 4.70. The van der Waals surface area contributed by atoms with Crippen molar-refractivity contribution in [3.05, 3.63) is 0 Å². The molecule has 0 saturated heterocycles. The van der Waals surface area contributed by atoms with Gasteiger partial charge in [0.15, 0.2) is 0 Å². The van der Waals surface area contributed by atoms with Gasteiger partial charge < -0.3 is 0 Å². The fourth-order valence-electron chi connectivity index (χ4n) is 3.30. The van der Waals surface area contributed by atoms with E-state index in [1.165, 1.54) is 6.42 Å². The molecule has 0 aromatic rings. The van der Waals surface area contributed by atoms with Crippen LogP contribution in [-0.2, 0) is 0 Å². The Bertz CT molecular complexity index is 117. The third-order valence-corrected chi connectivity index (χ3v) is 4.10. The number of rotatable bonds is 0. The Hall–Kier alpha value is 0. The summed E-state index contributed by atoms with van der Waals surface area (Å²) in [5, 5.41) is 0. The maximum Gasteiger partial charge on any atom is -0.0357 e. The minimum absolute atomic E-state index is 1.02. The SMILES string of the molecule is CC1CC(C)C2CC1C2C. The van der Waals surface area contributed by atoms with Crippen LogP contribution in [0.25, 0.3) is 0 Å². The molecule has 0 N–H and O–H groups in total. The topological polar surface area (TPSA) is 0 Å². The van der Waals surface area contributed by atoms with E-state index in [0.717, 1.165) is 29.6 Å². The molecule has 0 aliphatic heterocycles. The van der Waals surface area contributed by atoms with Crippen LogP contribution in [0.2, 0.25) is 0 Å². The van der Waals surface area contributed by atoms with Crippen molar-refractivity contribution >= 4 is 0 Å². The molecule has 58 valence electrons. The molecule has 0 heteroatoms. The summed E-state index contributed by atoms with van der Waals surface area (Å²) in [6.45, 7) is 7.32. The van der Waals surface area contributed by atoms with Crippen molar-refractivity contribution in [1.29, 1.82) is 0 Å². The smallest absolute Gasteiger partial charge is 0.0357 e. The first-order chi connectivity index (χ1) is 4.70. The fourth-order valence-corrected chi connectivity index (χ4v) is 3.30. The van der Waals surface area contributed by atoms with Crippen LogP contribution in [0.1, 0.15) is 33.6 Å². The minimum atomic E-state index is 1.02. The molecular formula is C10H18. The zero-order valence-corrected chi connectivity index (χ0v) is 7.30. The summed E-state index contributed by atoms with van der Waals surface area (Å²) in [4.78, 5) is 0. The van der Waals surface area contributed by atoms with Gasteiger partial charge in [-0.1, -0.05) is 20.8 Å². The van der Waals surface area contributed by atoms with E-state index in [4.69, 9.17) is 0 Å². The highest BCUT2D eigenvalue weighted by atomic mass is 14.5. The normalized spacial score (nSPS) is 59.7. The molecule has 0 radical (unpaired) electrons. The average Bonchev–Trinajstić information content (AvgIpc) is 1.83. The highest BCUT2D eigenvalue weighted by Crippen LogP contribution is 2.55. The Morgan fingerprint density at radius 2 is 1.30 bits per heavy atom. The van der Waals surface area contributed by atoms with Crippen molar-refractivity contribution in [1.82, 2.24) is 0 Å². The van der Waals surface area contributed by atoms with Crippen molar-refractivity contribution < 1.29 is 0 Å². The van der Waals surface area contributed by atoms with Crippen LogP contribution in [0.5, 0.6) is 0 Å². The van der Waals surface area contributed by atoms with Gasteiger partial charge in [0.2, 0.25) is 0 Å². The van der Waals surface area contributed by atoms with E-state index < -0.39 is 0 Å². The van der Waals surface area contributed by atoms with E-state index in [2.05, 4.69) is 20.8 Å². The van der Waals surface area contributed by atoms with Crippen molar-refractivity contribution in [2.24, 2.45) is 29.6 Å². The summed E-state index contributed by atoms with van der Waals surface area (Å²) < 4.78 is 0. The lowest BCUT2D eigenvalue weighted by atomic mass is 9.50. The van der Waals surface area contributed by atoms with Gasteiger partial charge in [-0.3, -0.25) is 0 Å². The largest absolute Gasteiger partial charge is 0.0622 e. The van der Waals surface area contributed by atoms with Crippen LogP contribution < -0.4 is 0 Å². The van der Waals surface area contributed by atoms with Crippen LogP contribution in [0.15, 0.2) is 0 Å². The molecule has 3 aliphatic rings. The van der Waals surface area contributed by atoms with E-state index in [1.807, 2.05) is 0 Å². The molecule has 0 aromatic carbocycles. The van der Waals surface area contributed by atoms with E-state index in [0.29, 0.717) is 0 Å². The molecule has 2 bridgehead atoms. The van der Waals surface area contributed by atoms with Gasteiger partial charge in [0.25, 0.3) is 0 Å². The van der Waals surface area contributed by atoms with Gasteiger partial charge in [-0.25, -0.2) is 0 Å². The average molecular weight is 138 g/mol. The zero-order valence-electron chi connectivity index (χ0n) is 7.30. The highest BCUT2D eigenvalue weighted by Gasteiger charge is 2.47. The van der Waals surface area contributed by atoms with E-state index in [-0.39, 0.29) is 0 Å². The Morgan fingerprint density at radius 3 is 1.60 bits per heavy atom. The molecule has 0 nitrogen and oxygen atoms in total. The number of hydrogen-bond acceptors (Lipinski definition) is 0. The second kappa shape index (κ2) is 1.99. The summed E-state index contributed by atoms with van der Waals surface area (Å²) >= 11 is 0. The molecule has 0 spiro atoms. The predicted molar refractivity (Wildman–Crippen MR) is 43.7 cm³/mol. The summed E-state index contributed by atoms with van der Waals surface area (Å²) in [5.41, 5.74) is 0. The standard InChI is InChI=1S/C10H18/c1-6-4-7(2)10-5-9(6)8(10)3/h6-10H,4-5H2,1-3H3. The van der Waals surface area contributed by atoms with Gasteiger partial charge >= 0.3 is 0 Å². The highest BCUT2D eigenvalue weighted by molar-refractivity contribution is 4.96. The third kappa shape index (κ3) is 0.681. The molecule has 3 saturated carbocycles. The molecule has 3 fully saturated rings. The van der Waals surface area contributed by atoms with Crippen molar-refractivity contribution in [3.8, 4) is 0 Å². The Kier molecular flexibility index (Phi) is 1.33. The molecule has 4 unspecified atom stereocenters. The Labute approximate surface area is 64.0 Å². The molecule has 10 heavy (non-hydrogen) atoms. The second-order valence-corrected chi connectivity index (χ2v) is 4.61. The van der Waals surface area contributed by atoms with Gasteiger partial charge in [0.1, 0.15) is 0 Å². The number of fused-ring (bicyclic) bond motifs is 2. The molecule has 3 aliphatic carbocycles. The molecule has 0 amide bonds. The summed E-state index contributed by atoms with van der Waals surface area (Å²) in [7, 11) is 0. The molecule has 0 aromatic heterocycles. The maximum absolute atomic E-state index is 2.45. The van der Waals surface area contributed by atoms with Gasteiger partial charge in [-0.15, -0.1) is 0 Å². The minimum Gasteiger partial charge on any atom is -0.0622 e. The van der Waals surface area contributed by atoms with Gasteiger partial charge in [-0.05, 0) is 42.4 Å². The Balaban J connectivity index is 2.10. The molecule has 0 heterocycles. The molecule has 3 rings (SSSR count). The maximum atomic E-state index is 2.45. The lowest BCUT2D eigenvalue weighted by Crippen LogP contribution is -2.47. The van der Waals surface area contributed by atoms with Crippen LogP contribution in [-0.4, -0.2) is 0 Å². The third-order valence-electron chi connectivity index (χ3n) is 4.10. The second-order valence-electron chi connectivity index (χ2n) is 4.61. The Morgan fingerprint density at radius 1 is 0.800 bits per heavy atom. The summed E-state index contributed by atoms with van der Waals surface area (Å²) in [6.07, 6.45) is 3.04. The van der Waals surface area contributed by atoms with Crippen LogP contribution in [0, 0.1) is 29.6 Å². The monoisotopic (exact) mass is 138 g/mol. The van der Waals surface area contributed by atoms with Crippen LogP contribution in [0.3, 0.4) is 0 Å². The summed E-state index contributed by atoms with van der Waals surface area (Å²) in [5.74, 6) is 5.30. The first kappa shape index (κ1) is 6.69. The zero-order chi connectivity index (χ0) is 7.30. The van der Waals surface area contributed by atoms with Crippen LogP contribution in [0.4, 0.5) is 0 Å². The lowest BCUT2D eigenvalue weighted by molar-refractivity contribution is -0.0564. The van der Waals surface area contributed by atoms with Crippen molar-refractivity contribution in [2.45, 2.75) is 33.6 Å². The van der Waals surface area contributed by atoms with Crippen LogP contribution >= 0.6 is 0 Å². The lowest BCUT2D eigenvalue weighted by Gasteiger charge is -2.55. The summed E-state index contributed by atoms with van der Waals surface area (Å²) in [6, 6.07) is 0. The van der Waals surface area contributed by atoms with Gasteiger partial charge in [-0.2, -0.15) is 0 Å². The molecular weight excluding hydrogens is 120 g/mol. The quantitative estimate of drug-likeness (QED) is 0.483.